The molecule has 27 heavy (non-hydrogen) atoms. The fourth-order valence-electron chi connectivity index (χ4n) is 2.48. The fourth-order valence-corrected chi connectivity index (χ4v) is 3.12. The minimum atomic E-state index is -0.496. The Labute approximate surface area is 158 Å². The average molecular weight is 382 g/mol. The Morgan fingerprint density at radius 3 is 2.78 bits per heavy atom. The van der Waals surface area contributed by atoms with E-state index in [9.17, 15) is 9.59 Å². The highest BCUT2D eigenvalue weighted by Gasteiger charge is 2.17. The van der Waals surface area contributed by atoms with Crippen LogP contribution in [0.3, 0.4) is 0 Å². The number of rotatable bonds is 6. The first-order chi connectivity index (χ1) is 13.2. The molecule has 3 aromatic rings. The van der Waals surface area contributed by atoms with Gasteiger partial charge in [0.2, 0.25) is 6.79 Å². The van der Waals surface area contributed by atoms with E-state index in [-0.39, 0.29) is 24.9 Å². The van der Waals surface area contributed by atoms with Crippen molar-refractivity contribution in [3.8, 4) is 11.5 Å². The lowest BCUT2D eigenvalue weighted by Gasteiger charge is -2.05. The molecule has 0 bridgehead atoms. The molecule has 0 saturated carbocycles. The maximum absolute atomic E-state index is 12.2. The summed E-state index contributed by atoms with van der Waals surface area (Å²) in [5.74, 6) is 0.344. The van der Waals surface area contributed by atoms with Gasteiger partial charge in [0.25, 0.3) is 0 Å². The van der Waals surface area contributed by atoms with Crippen molar-refractivity contribution in [3.05, 3.63) is 54.2 Å². The van der Waals surface area contributed by atoms with E-state index >= 15 is 0 Å². The summed E-state index contributed by atoms with van der Waals surface area (Å²) in [6, 6.07) is 12.3. The lowest BCUT2D eigenvalue weighted by Crippen LogP contribution is -2.15. The van der Waals surface area contributed by atoms with E-state index in [1.807, 2.05) is 24.3 Å². The molecule has 0 aliphatic carbocycles. The van der Waals surface area contributed by atoms with Crippen LogP contribution in [0, 0.1) is 0 Å². The van der Waals surface area contributed by atoms with Crippen molar-refractivity contribution < 1.29 is 23.8 Å². The molecular weight excluding hydrogens is 368 g/mol. The molecule has 4 rings (SSSR count). The third-order valence-electron chi connectivity index (χ3n) is 3.82. The van der Waals surface area contributed by atoms with Gasteiger partial charge in [-0.05, 0) is 30.3 Å². The van der Waals surface area contributed by atoms with Crippen molar-refractivity contribution in [2.75, 3.05) is 19.2 Å². The quantitative estimate of drug-likeness (QED) is 0.365. The summed E-state index contributed by atoms with van der Waals surface area (Å²) >= 11 is 1.21. The predicted octanol–water partition coefficient (Wildman–Crippen LogP) is 2.88. The van der Waals surface area contributed by atoms with Gasteiger partial charge in [0.15, 0.2) is 23.9 Å². The molecule has 1 aliphatic rings. The molecule has 0 fully saturated rings. The van der Waals surface area contributed by atoms with E-state index in [1.165, 1.54) is 11.8 Å². The van der Waals surface area contributed by atoms with E-state index in [1.54, 1.807) is 24.4 Å². The van der Waals surface area contributed by atoms with Crippen LogP contribution in [-0.4, -0.2) is 40.9 Å². The Morgan fingerprint density at radius 1 is 1.07 bits per heavy atom. The van der Waals surface area contributed by atoms with Gasteiger partial charge in [-0.3, -0.25) is 14.6 Å². The first kappa shape index (κ1) is 17.3. The van der Waals surface area contributed by atoms with Crippen LogP contribution in [0.25, 0.3) is 11.0 Å². The molecule has 1 aromatic heterocycles. The molecule has 2 heterocycles. The number of carbonyl (C=O) groups excluding carboxylic acids is 2. The number of hydrogen-bond donors (Lipinski definition) is 0. The number of esters is 1. The van der Waals surface area contributed by atoms with Gasteiger partial charge in [0, 0.05) is 5.56 Å². The van der Waals surface area contributed by atoms with Crippen LogP contribution < -0.4 is 9.47 Å². The molecule has 136 valence electrons. The second kappa shape index (κ2) is 7.63. The number of hydrogen-bond acceptors (Lipinski definition) is 8. The molecular formula is C19H14N2O5S. The Morgan fingerprint density at radius 2 is 1.89 bits per heavy atom. The van der Waals surface area contributed by atoms with Crippen LogP contribution in [0.15, 0.2) is 53.7 Å². The molecule has 0 spiro atoms. The van der Waals surface area contributed by atoms with Crippen LogP contribution >= 0.6 is 11.8 Å². The molecule has 0 radical (unpaired) electrons. The largest absolute Gasteiger partial charge is 0.457 e. The Kier molecular flexibility index (Phi) is 4.88. The van der Waals surface area contributed by atoms with Crippen LogP contribution in [0.2, 0.25) is 0 Å². The summed E-state index contributed by atoms with van der Waals surface area (Å²) in [6.07, 6.45) is 1.61. The second-order valence-electron chi connectivity index (χ2n) is 5.64. The molecule has 2 aromatic carbocycles. The van der Waals surface area contributed by atoms with Gasteiger partial charge in [-0.15, -0.1) is 0 Å². The average Bonchev–Trinajstić information content (AvgIpc) is 3.18. The monoisotopic (exact) mass is 382 g/mol. The van der Waals surface area contributed by atoms with E-state index in [0.717, 1.165) is 11.0 Å². The summed E-state index contributed by atoms with van der Waals surface area (Å²) in [7, 11) is 0. The topological polar surface area (TPSA) is 87.6 Å². The number of para-hydroxylation sites is 2. The summed E-state index contributed by atoms with van der Waals surface area (Å²) in [5.41, 5.74) is 1.95. The van der Waals surface area contributed by atoms with Crippen molar-refractivity contribution in [1.82, 2.24) is 9.97 Å². The summed E-state index contributed by atoms with van der Waals surface area (Å²) in [6.45, 7) is -0.195. The number of Topliss-reactive ketones (excluding diaryl/α,β-unsaturated/α-hetero) is 1. The van der Waals surface area contributed by atoms with Gasteiger partial charge in [0.05, 0.1) is 23.0 Å². The Bertz CT molecular complexity index is 1020. The molecule has 8 heteroatoms. The van der Waals surface area contributed by atoms with Crippen LogP contribution in [-0.2, 0) is 9.53 Å². The van der Waals surface area contributed by atoms with Gasteiger partial charge >= 0.3 is 5.97 Å². The van der Waals surface area contributed by atoms with Crippen molar-refractivity contribution in [2.45, 2.75) is 5.03 Å². The number of ether oxygens (including phenoxy) is 3. The summed E-state index contributed by atoms with van der Waals surface area (Å²) in [5, 5.41) is 0.618. The number of benzene rings is 2. The zero-order valence-electron chi connectivity index (χ0n) is 14.1. The van der Waals surface area contributed by atoms with Gasteiger partial charge in [-0.1, -0.05) is 23.9 Å². The zero-order chi connectivity index (χ0) is 18.6. The van der Waals surface area contributed by atoms with E-state index < -0.39 is 5.97 Å². The molecule has 1 aliphatic heterocycles. The molecule has 0 unspecified atom stereocenters. The van der Waals surface area contributed by atoms with Crippen LogP contribution in [0.5, 0.6) is 11.5 Å². The molecule has 0 amide bonds. The molecule has 0 N–H and O–H groups in total. The smallest absolute Gasteiger partial charge is 0.316 e. The lowest BCUT2D eigenvalue weighted by atomic mass is 10.1. The molecule has 0 saturated heterocycles. The number of nitrogens with zero attached hydrogens (tertiary/aromatic N) is 2. The minimum Gasteiger partial charge on any atom is -0.457 e. The number of aromatic nitrogens is 2. The maximum Gasteiger partial charge on any atom is 0.316 e. The lowest BCUT2D eigenvalue weighted by molar-refractivity contribution is -0.139. The predicted molar refractivity (Wildman–Crippen MR) is 98.1 cm³/mol. The van der Waals surface area contributed by atoms with Gasteiger partial charge in [-0.2, -0.15) is 0 Å². The summed E-state index contributed by atoms with van der Waals surface area (Å²) < 4.78 is 15.5. The van der Waals surface area contributed by atoms with Crippen LogP contribution in [0.4, 0.5) is 0 Å². The Hall–Kier alpha value is -3.13. The maximum atomic E-state index is 12.2. The highest BCUT2D eigenvalue weighted by Crippen LogP contribution is 2.32. The molecule has 0 atom stereocenters. The van der Waals surface area contributed by atoms with Crippen molar-refractivity contribution in [2.24, 2.45) is 0 Å². The second-order valence-corrected chi connectivity index (χ2v) is 6.63. The van der Waals surface area contributed by atoms with Gasteiger partial charge < -0.3 is 14.2 Å². The summed E-state index contributed by atoms with van der Waals surface area (Å²) in [4.78, 5) is 32.8. The highest BCUT2D eigenvalue weighted by atomic mass is 32.2. The van der Waals surface area contributed by atoms with E-state index in [4.69, 9.17) is 14.2 Å². The number of carbonyl (C=O) groups is 2. The van der Waals surface area contributed by atoms with Crippen molar-refractivity contribution in [1.29, 1.82) is 0 Å². The third-order valence-corrected chi connectivity index (χ3v) is 4.70. The number of ketones is 1. The molecule has 7 nitrogen and oxygen atoms in total. The van der Waals surface area contributed by atoms with E-state index in [0.29, 0.717) is 22.1 Å². The van der Waals surface area contributed by atoms with Gasteiger partial charge in [0.1, 0.15) is 5.03 Å². The zero-order valence-corrected chi connectivity index (χ0v) is 14.9. The SMILES string of the molecule is O=C(CSc1cnc2ccccc2n1)OCC(=O)c1ccc2c(c1)OCO2. The first-order valence-electron chi connectivity index (χ1n) is 8.12. The van der Waals surface area contributed by atoms with Crippen molar-refractivity contribution in [3.63, 3.8) is 0 Å². The minimum absolute atomic E-state index is 0.0431. The highest BCUT2D eigenvalue weighted by molar-refractivity contribution is 7.99. The number of thioether (sulfide) groups is 1. The van der Waals surface area contributed by atoms with Gasteiger partial charge in [-0.25, -0.2) is 4.98 Å². The normalized spacial score (nSPS) is 12.1. The van der Waals surface area contributed by atoms with Crippen molar-refractivity contribution >= 4 is 34.5 Å². The standard InChI is InChI=1S/C19H14N2O5S/c22-15(12-5-6-16-17(7-12)26-11-25-16)9-24-19(23)10-27-18-8-20-13-3-1-2-4-14(13)21-18/h1-8H,9-11H2. The number of fused-ring (bicyclic) bond motifs is 2. The fraction of sp³-hybridized carbons (Fsp3) is 0.158. The van der Waals surface area contributed by atoms with Crippen LogP contribution in [0.1, 0.15) is 10.4 Å². The third kappa shape index (κ3) is 4.01. The first-order valence-corrected chi connectivity index (χ1v) is 9.11. The van der Waals surface area contributed by atoms with E-state index in [2.05, 4.69) is 9.97 Å². The Balaban J connectivity index is 1.29.